The third-order valence-electron chi connectivity index (χ3n) is 3.91. The molecule has 12 heteroatoms. The Morgan fingerprint density at radius 2 is 2.38 bits per heavy atom. The summed E-state index contributed by atoms with van der Waals surface area (Å²) in [5.41, 5.74) is 8.86. The molecule has 2 aromatic heterocycles. The number of rotatable bonds is 5. The standard InChI is InChI=1S/C14H16N8O4/c1-8-4-21(14(24)18-13(8)22-7-16-6-17-22)12-3-10(19-20-15)11(26-12)5-25-9(2)23/h4,6-7,10-12H,3,5H2,1-2H3. The number of nitrogens with zero attached hydrogens (tertiary/aromatic N) is 8. The average molecular weight is 360 g/mol. The van der Waals surface area contributed by atoms with E-state index in [-0.39, 0.29) is 13.0 Å². The van der Waals surface area contributed by atoms with Crippen LogP contribution >= 0.6 is 0 Å². The lowest BCUT2D eigenvalue weighted by Crippen LogP contribution is -2.29. The van der Waals surface area contributed by atoms with Crippen molar-refractivity contribution in [1.82, 2.24) is 24.3 Å². The number of aryl methyl sites for hydroxylation is 1. The second kappa shape index (κ2) is 7.33. The van der Waals surface area contributed by atoms with Crippen LogP contribution in [0.1, 0.15) is 25.1 Å². The van der Waals surface area contributed by atoms with E-state index in [0.717, 1.165) is 0 Å². The highest BCUT2D eigenvalue weighted by Crippen LogP contribution is 2.30. The van der Waals surface area contributed by atoms with Gasteiger partial charge in [-0.3, -0.25) is 9.36 Å². The van der Waals surface area contributed by atoms with Crippen molar-refractivity contribution in [3.63, 3.8) is 0 Å². The molecule has 0 aliphatic carbocycles. The molecule has 136 valence electrons. The summed E-state index contributed by atoms with van der Waals surface area (Å²) >= 11 is 0. The zero-order valence-electron chi connectivity index (χ0n) is 14.1. The fraction of sp³-hybridized carbons (Fsp3) is 0.500. The molecule has 3 atom stereocenters. The summed E-state index contributed by atoms with van der Waals surface area (Å²) in [6, 6.07) is -0.563. The number of carbonyl (C=O) groups excluding carboxylic acids is 1. The maximum Gasteiger partial charge on any atom is 0.351 e. The molecule has 0 spiro atoms. The summed E-state index contributed by atoms with van der Waals surface area (Å²) in [5.74, 6) is -0.103. The zero-order valence-corrected chi connectivity index (χ0v) is 14.1. The van der Waals surface area contributed by atoms with Gasteiger partial charge in [0.2, 0.25) is 0 Å². The molecule has 26 heavy (non-hydrogen) atoms. The van der Waals surface area contributed by atoms with Crippen LogP contribution in [-0.2, 0) is 14.3 Å². The number of esters is 1. The average Bonchev–Trinajstić information content (AvgIpc) is 3.25. The van der Waals surface area contributed by atoms with Crippen LogP contribution in [0.25, 0.3) is 16.3 Å². The molecule has 12 nitrogen and oxygen atoms in total. The van der Waals surface area contributed by atoms with Crippen LogP contribution in [-0.4, -0.2) is 49.0 Å². The lowest BCUT2D eigenvalue weighted by molar-refractivity contribution is -0.146. The molecule has 3 rings (SSSR count). The predicted octanol–water partition coefficient (Wildman–Crippen LogP) is 0.662. The number of carbonyl (C=O) groups is 1. The Hall–Kier alpha value is -3.24. The third-order valence-corrected chi connectivity index (χ3v) is 3.91. The summed E-state index contributed by atoms with van der Waals surface area (Å²) in [4.78, 5) is 34.1. The maximum atomic E-state index is 12.4. The van der Waals surface area contributed by atoms with Crippen LogP contribution in [0.15, 0.2) is 28.8 Å². The first-order chi connectivity index (χ1) is 12.5. The molecular weight excluding hydrogens is 344 g/mol. The van der Waals surface area contributed by atoms with Gasteiger partial charge in [-0.05, 0) is 12.5 Å². The number of hydrogen-bond donors (Lipinski definition) is 0. The van der Waals surface area contributed by atoms with Gasteiger partial charge in [0.05, 0.1) is 6.04 Å². The molecule has 0 N–H and O–H groups in total. The molecule has 3 unspecified atom stereocenters. The molecule has 0 aromatic carbocycles. The molecule has 1 aliphatic heterocycles. The SMILES string of the molecule is CC(=O)OCC1OC(n2cc(C)c(-n3cncn3)nc2=O)CC1N=[N+]=[N-]. The van der Waals surface area contributed by atoms with Gasteiger partial charge in [-0.25, -0.2) is 14.5 Å². The highest BCUT2D eigenvalue weighted by molar-refractivity contribution is 5.65. The fourth-order valence-corrected chi connectivity index (χ4v) is 2.74. The first-order valence-corrected chi connectivity index (χ1v) is 7.77. The smallest absolute Gasteiger partial charge is 0.351 e. The van der Waals surface area contributed by atoms with E-state index in [0.29, 0.717) is 11.4 Å². The van der Waals surface area contributed by atoms with E-state index in [1.807, 2.05) is 0 Å². The highest BCUT2D eigenvalue weighted by atomic mass is 16.6. The van der Waals surface area contributed by atoms with Gasteiger partial charge >= 0.3 is 11.7 Å². The van der Waals surface area contributed by atoms with Gasteiger partial charge in [-0.2, -0.15) is 10.1 Å². The molecule has 2 aromatic rings. The van der Waals surface area contributed by atoms with Gasteiger partial charge in [-0.1, -0.05) is 5.11 Å². The van der Waals surface area contributed by atoms with Crippen molar-refractivity contribution in [1.29, 1.82) is 0 Å². The Morgan fingerprint density at radius 1 is 1.58 bits per heavy atom. The highest BCUT2D eigenvalue weighted by Gasteiger charge is 2.37. The molecule has 0 radical (unpaired) electrons. The Morgan fingerprint density at radius 3 is 3.04 bits per heavy atom. The molecule has 1 aliphatic rings. The number of ether oxygens (including phenoxy) is 2. The normalized spacial score (nSPS) is 22.0. The van der Waals surface area contributed by atoms with E-state index < -0.39 is 30.0 Å². The minimum atomic E-state index is -0.686. The summed E-state index contributed by atoms with van der Waals surface area (Å²) in [6.45, 7) is 2.99. The van der Waals surface area contributed by atoms with Crippen molar-refractivity contribution in [2.45, 2.75) is 38.6 Å². The second-order valence-corrected chi connectivity index (χ2v) is 5.72. The van der Waals surface area contributed by atoms with Crippen molar-refractivity contribution in [2.24, 2.45) is 5.11 Å². The molecule has 1 saturated heterocycles. The Bertz CT molecular complexity index is 902. The molecule has 0 amide bonds. The van der Waals surface area contributed by atoms with Crippen molar-refractivity contribution in [3.05, 3.63) is 45.3 Å². The lowest BCUT2D eigenvalue weighted by Gasteiger charge is -2.17. The Kier molecular flexibility index (Phi) is 4.96. The Balaban J connectivity index is 1.87. The monoisotopic (exact) mass is 360 g/mol. The van der Waals surface area contributed by atoms with Gasteiger partial charge < -0.3 is 9.47 Å². The van der Waals surface area contributed by atoms with Gasteiger partial charge in [0.15, 0.2) is 5.82 Å². The van der Waals surface area contributed by atoms with Gasteiger partial charge in [0.25, 0.3) is 0 Å². The topological polar surface area (TPSA) is 150 Å². The van der Waals surface area contributed by atoms with Crippen molar-refractivity contribution >= 4 is 5.97 Å². The predicted molar refractivity (Wildman–Crippen MR) is 86.2 cm³/mol. The number of hydrogen-bond acceptors (Lipinski definition) is 8. The maximum absolute atomic E-state index is 12.4. The second-order valence-electron chi connectivity index (χ2n) is 5.72. The lowest BCUT2D eigenvalue weighted by atomic mass is 10.1. The van der Waals surface area contributed by atoms with Crippen LogP contribution < -0.4 is 5.69 Å². The zero-order chi connectivity index (χ0) is 18.7. The summed E-state index contributed by atoms with van der Waals surface area (Å²) in [6.07, 6.45) is 3.32. The summed E-state index contributed by atoms with van der Waals surface area (Å²) in [7, 11) is 0. The molecule has 3 heterocycles. The largest absolute Gasteiger partial charge is 0.463 e. The van der Waals surface area contributed by atoms with Gasteiger partial charge in [-0.15, -0.1) is 0 Å². The van der Waals surface area contributed by atoms with Crippen molar-refractivity contribution in [2.75, 3.05) is 6.61 Å². The molecule has 0 bridgehead atoms. The van der Waals surface area contributed by atoms with E-state index in [1.54, 1.807) is 13.1 Å². The van der Waals surface area contributed by atoms with Gasteiger partial charge in [0, 0.05) is 30.0 Å². The fourth-order valence-electron chi connectivity index (χ4n) is 2.74. The van der Waals surface area contributed by atoms with Crippen LogP contribution in [0.4, 0.5) is 0 Å². The first kappa shape index (κ1) is 17.6. The Labute approximate surface area is 147 Å². The molecular formula is C14H16N8O4. The summed E-state index contributed by atoms with van der Waals surface area (Å²) in [5, 5.41) is 7.64. The summed E-state index contributed by atoms with van der Waals surface area (Å²) < 4.78 is 13.4. The molecule has 1 fully saturated rings. The van der Waals surface area contributed by atoms with E-state index in [4.69, 9.17) is 15.0 Å². The minimum Gasteiger partial charge on any atom is -0.463 e. The van der Waals surface area contributed by atoms with E-state index in [2.05, 4.69) is 25.1 Å². The first-order valence-electron chi connectivity index (χ1n) is 7.77. The van der Waals surface area contributed by atoms with Crippen LogP contribution in [0, 0.1) is 6.92 Å². The van der Waals surface area contributed by atoms with Crippen molar-refractivity contribution < 1.29 is 14.3 Å². The third kappa shape index (κ3) is 3.55. The number of azide groups is 1. The van der Waals surface area contributed by atoms with E-state index in [1.165, 1.54) is 28.8 Å². The van der Waals surface area contributed by atoms with E-state index >= 15 is 0 Å². The van der Waals surface area contributed by atoms with Crippen molar-refractivity contribution in [3.8, 4) is 5.82 Å². The van der Waals surface area contributed by atoms with Gasteiger partial charge in [0.1, 0.15) is 31.6 Å². The van der Waals surface area contributed by atoms with Crippen LogP contribution in [0.5, 0.6) is 0 Å². The number of aromatic nitrogens is 5. The van der Waals surface area contributed by atoms with Crippen LogP contribution in [0.3, 0.4) is 0 Å². The van der Waals surface area contributed by atoms with Crippen LogP contribution in [0.2, 0.25) is 0 Å². The quantitative estimate of drug-likeness (QED) is 0.329. The molecule has 0 saturated carbocycles. The van der Waals surface area contributed by atoms with E-state index in [9.17, 15) is 9.59 Å². The minimum absolute atomic E-state index is 0.0618.